The Labute approximate surface area is 139 Å². The van der Waals surface area contributed by atoms with Crippen LogP contribution in [0.4, 0.5) is 0 Å². The highest BCUT2D eigenvalue weighted by Gasteiger charge is 2.30. The fraction of sp³-hybridized carbons (Fsp3) is 0.714. The van der Waals surface area contributed by atoms with Crippen molar-refractivity contribution >= 4 is 5.91 Å². The van der Waals surface area contributed by atoms with Crippen molar-refractivity contribution in [2.45, 2.75) is 45.2 Å². The fourth-order valence-corrected chi connectivity index (χ4v) is 3.16. The van der Waals surface area contributed by atoms with E-state index in [1.165, 1.54) is 15.8 Å². The number of carbonyl (C=O) groups is 1. The molecule has 10 nitrogen and oxygen atoms in total. The van der Waals surface area contributed by atoms with Crippen molar-refractivity contribution in [3.63, 3.8) is 0 Å². The van der Waals surface area contributed by atoms with Gasteiger partial charge < -0.3 is 4.90 Å². The highest BCUT2D eigenvalue weighted by atomic mass is 16.2. The van der Waals surface area contributed by atoms with Crippen molar-refractivity contribution in [3.8, 4) is 0 Å². The zero-order valence-corrected chi connectivity index (χ0v) is 14.2. The SMILES string of the molecule is CC(C)n1c(C2CCCN(C(=O)Cn3ncnn3)C2)nn(C)c1=O. The number of aromatic nitrogens is 7. The van der Waals surface area contributed by atoms with Gasteiger partial charge in [-0.1, -0.05) is 0 Å². The Bertz CT molecular complexity index is 760. The van der Waals surface area contributed by atoms with Crippen LogP contribution >= 0.6 is 0 Å². The van der Waals surface area contributed by atoms with Crippen LogP contribution in [0.3, 0.4) is 0 Å². The van der Waals surface area contributed by atoms with Gasteiger partial charge in [0.05, 0.1) is 0 Å². The first-order chi connectivity index (χ1) is 11.5. The molecule has 10 heteroatoms. The molecule has 1 saturated heterocycles. The maximum Gasteiger partial charge on any atom is 0.345 e. The molecule has 3 rings (SSSR count). The van der Waals surface area contributed by atoms with Crippen LogP contribution in [0.2, 0.25) is 0 Å². The smallest absolute Gasteiger partial charge is 0.340 e. The number of nitrogens with zero attached hydrogens (tertiary/aromatic N) is 8. The molecule has 0 radical (unpaired) electrons. The largest absolute Gasteiger partial charge is 0.345 e. The number of rotatable bonds is 4. The van der Waals surface area contributed by atoms with Gasteiger partial charge in [-0.2, -0.15) is 9.90 Å². The van der Waals surface area contributed by atoms with E-state index in [9.17, 15) is 9.59 Å². The first kappa shape index (κ1) is 16.3. The van der Waals surface area contributed by atoms with Crippen LogP contribution in [0.5, 0.6) is 0 Å². The van der Waals surface area contributed by atoms with Crippen molar-refractivity contribution in [1.29, 1.82) is 0 Å². The normalized spacial score (nSPS) is 18.3. The summed E-state index contributed by atoms with van der Waals surface area (Å²) in [5, 5.41) is 15.6. The van der Waals surface area contributed by atoms with Crippen LogP contribution in [0.15, 0.2) is 11.1 Å². The van der Waals surface area contributed by atoms with E-state index in [0.717, 1.165) is 18.7 Å². The Kier molecular flexibility index (Phi) is 4.45. The molecule has 1 amide bonds. The van der Waals surface area contributed by atoms with Gasteiger partial charge in [-0.25, -0.2) is 9.48 Å². The molecule has 0 N–H and O–H groups in total. The van der Waals surface area contributed by atoms with Gasteiger partial charge in [0.25, 0.3) is 0 Å². The number of hydrogen-bond acceptors (Lipinski definition) is 6. The Morgan fingerprint density at radius 2 is 2.21 bits per heavy atom. The lowest BCUT2D eigenvalue weighted by molar-refractivity contribution is -0.133. The lowest BCUT2D eigenvalue weighted by Gasteiger charge is -2.32. The minimum absolute atomic E-state index is 0.0339. The van der Waals surface area contributed by atoms with Crippen LogP contribution in [0, 0.1) is 0 Å². The van der Waals surface area contributed by atoms with Crippen molar-refractivity contribution in [2.24, 2.45) is 7.05 Å². The second-order valence-corrected chi connectivity index (χ2v) is 6.37. The van der Waals surface area contributed by atoms with Gasteiger partial charge in [-0.15, -0.1) is 10.2 Å². The average Bonchev–Trinajstić information content (AvgIpc) is 3.16. The first-order valence-corrected chi connectivity index (χ1v) is 8.11. The molecule has 1 atom stereocenters. The number of hydrogen-bond donors (Lipinski definition) is 0. The standard InChI is InChI=1S/C14H22N8O2/c1-10(2)22-13(17-19(3)14(22)24)11-5-4-6-20(7-11)12(23)8-21-16-9-15-18-21/h9-11H,4-8H2,1-3H3. The molecule has 0 aliphatic carbocycles. The van der Waals surface area contributed by atoms with E-state index in [4.69, 9.17) is 0 Å². The van der Waals surface area contributed by atoms with Crippen molar-refractivity contribution in [3.05, 3.63) is 22.6 Å². The zero-order chi connectivity index (χ0) is 17.3. The summed E-state index contributed by atoms with van der Waals surface area (Å²) < 4.78 is 3.09. The molecular weight excluding hydrogens is 312 g/mol. The summed E-state index contributed by atoms with van der Waals surface area (Å²) in [6.45, 7) is 5.26. The van der Waals surface area contributed by atoms with E-state index >= 15 is 0 Å². The second-order valence-electron chi connectivity index (χ2n) is 6.37. The number of amides is 1. The summed E-state index contributed by atoms with van der Waals surface area (Å²) in [6, 6.07) is 0.0339. The van der Waals surface area contributed by atoms with Crippen LogP contribution in [-0.4, -0.2) is 58.5 Å². The lowest BCUT2D eigenvalue weighted by atomic mass is 9.97. The van der Waals surface area contributed by atoms with Crippen molar-refractivity contribution in [1.82, 2.24) is 39.5 Å². The first-order valence-electron chi connectivity index (χ1n) is 8.11. The Balaban J connectivity index is 1.77. The summed E-state index contributed by atoms with van der Waals surface area (Å²) in [6.07, 6.45) is 3.10. The Hall–Kier alpha value is -2.52. The van der Waals surface area contributed by atoms with Gasteiger partial charge in [0.1, 0.15) is 12.4 Å². The molecule has 1 aliphatic rings. The van der Waals surface area contributed by atoms with Gasteiger partial charge in [0, 0.05) is 32.1 Å². The molecule has 0 spiro atoms. The van der Waals surface area contributed by atoms with Gasteiger partial charge in [0.2, 0.25) is 5.91 Å². The number of carbonyl (C=O) groups excluding carboxylic acids is 1. The minimum atomic E-state index is -0.115. The van der Waals surface area contributed by atoms with Gasteiger partial charge in [-0.3, -0.25) is 9.36 Å². The van der Waals surface area contributed by atoms with E-state index in [1.54, 1.807) is 16.5 Å². The maximum atomic E-state index is 12.4. The maximum absolute atomic E-state index is 12.4. The molecular formula is C14H22N8O2. The topological polar surface area (TPSA) is 104 Å². The number of piperidine rings is 1. The molecule has 2 aromatic heterocycles. The third-order valence-electron chi connectivity index (χ3n) is 4.31. The molecule has 0 bridgehead atoms. The lowest BCUT2D eigenvalue weighted by Crippen LogP contribution is -2.42. The molecule has 0 saturated carbocycles. The second kappa shape index (κ2) is 6.54. The summed E-state index contributed by atoms with van der Waals surface area (Å²) >= 11 is 0. The quantitative estimate of drug-likeness (QED) is 0.750. The highest BCUT2D eigenvalue weighted by Crippen LogP contribution is 2.26. The number of tetrazole rings is 1. The molecule has 1 unspecified atom stereocenters. The van der Waals surface area contributed by atoms with Gasteiger partial charge in [0.15, 0.2) is 6.33 Å². The third-order valence-corrected chi connectivity index (χ3v) is 4.31. The monoisotopic (exact) mass is 334 g/mol. The fourth-order valence-electron chi connectivity index (χ4n) is 3.16. The molecule has 1 aliphatic heterocycles. The number of likely N-dealkylation sites (tertiary alicyclic amines) is 1. The van der Waals surface area contributed by atoms with Gasteiger partial charge in [-0.05, 0) is 31.9 Å². The van der Waals surface area contributed by atoms with Crippen molar-refractivity contribution < 1.29 is 4.79 Å². The molecule has 1 fully saturated rings. The van der Waals surface area contributed by atoms with Crippen LogP contribution in [-0.2, 0) is 18.4 Å². The molecule has 130 valence electrons. The van der Waals surface area contributed by atoms with Crippen LogP contribution < -0.4 is 5.69 Å². The zero-order valence-electron chi connectivity index (χ0n) is 14.2. The van der Waals surface area contributed by atoms with E-state index in [2.05, 4.69) is 20.5 Å². The van der Waals surface area contributed by atoms with Crippen LogP contribution in [0.25, 0.3) is 0 Å². The Morgan fingerprint density at radius 3 is 2.88 bits per heavy atom. The van der Waals surface area contributed by atoms with Crippen molar-refractivity contribution in [2.75, 3.05) is 13.1 Å². The number of aryl methyl sites for hydroxylation is 1. The van der Waals surface area contributed by atoms with E-state index in [0.29, 0.717) is 13.1 Å². The molecule has 3 heterocycles. The van der Waals surface area contributed by atoms with E-state index < -0.39 is 0 Å². The Morgan fingerprint density at radius 1 is 1.42 bits per heavy atom. The summed E-state index contributed by atoms with van der Waals surface area (Å²) in [4.78, 5) is 27.8. The summed E-state index contributed by atoms with van der Waals surface area (Å²) in [7, 11) is 1.66. The third kappa shape index (κ3) is 3.08. The van der Waals surface area contributed by atoms with E-state index in [-0.39, 0.29) is 30.1 Å². The predicted octanol–water partition coefficient (Wildman–Crippen LogP) is -0.445. The van der Waals surface area contributed by atoms with E-state index in [1.807, 2.05) is 13.8 Å². The molecule has 0 aromatic carbocycles. The summed E-state index contributed by atoms with van der Waals surface area (Å²) in [5.74, 6) is 0.767. The predicted molar refractivity (Wildman–Crippen MR) is 84.2 cm³/mol. The minimum Gasteiger partial charge on any atom is -0.340 e. The van der Waals surface area contributed by atoms with Gasteiger partial charge >= 0.3 is 5.69 Å². The molecule has 2 aromatic rings. The van der Waals surface area contributed by atoms with Crippen LogP contribution in [0.1, 0.15) is 44.5 Å². The highest BCUT2D eigenvalue weighted by molar-refractivity contribution is 5.75. The molecule has 24 heavy (non-hydrogen) atoms. The summed E-state index contributed by atoms with van der Waals surface area (Å²) in [5.41, 5.74) is -0.115. The average molecular weight is 334 g/mol.